The molecule has 0 unspecified atom stereocenters. The van der Waals surface area contributed by atoms with Crippen molar-refractivity contribution in [2.75, 3.05) is 19.5 Å². The number of esters is 1. The maximum Gasteiger partial charge on any atom is 0.340 e. The van der Waals surface area contributed by atoms with Crippen LogP contribution in [0.4, 0.5) is 5.69 Å². The molecule has 0 spiro atoms. The van der Waals surface area contributed by atoms with Gasteiger partial charge in [0.05, 0.1) is 26.2 Å². The van der Waals surface area contributed by atoms with Crippen molar-refractivity contribution in [1.29, 1.82) is 0 Å². The van der Waals surface area contributed by atoms with E-state index in [0.29, 0.717) is 34.2 Å². The summed E-state index contributed by atoms with van der Waals surface area (Å²) in [7, 11) is 2.87. The van der Waals surface area contributed by atoms with E-state index in [1.807, 2.05) is 24.3 Å². The Balaban J connectivity index is 2.00. The van der Waals surface area contributed by atoms with Crippen molar-refractivity contribution in [3.05, 3.63) is 63.0 Å². The minimum Gasteiger partial charge on any atom is -0.507 e. The van der Waals surface area contributed by atoms with Gasteiger partial charge in [-0.1, -0.05) is 0 Å². The molecule has 0 aliphatic carbocycles. The van der Waals surface area contributed by atoms with Crippen LogP contribution in [0, 0.1) is 13.8 Å². The molecule has 0 fully saturated rings. The Bertz CT molecular complexity index is 1120. The molecule has 1 aromatic heterocycles. The Morgan fingerprint density at radius 3 is 2.45 bits per heavy atom. The molecule has 0 bridgehead atoms. The number of phenolic OH excluding ortho intramolecular Hbond substituents is 1. The third-order valence-electron chi connectivity index (χ3n) is 4.98. The largest absolute Gasteiger partial charge is 0.507 e. The van der Waals surface area contributed by atoms with E-state index in [0.717, 1.165) is 11.4 Å². The number of aryl methyl sites for hydroxylation is 2. The molecule has 3 aromatic rings. The normalized spacial score (nSPS) is 10.8. The summed E-state index contributed by atoms with van der Waals surface area (Å²) >= 11 is 0. The summed E-state index contributed by atoms with van der Waals surface area (Å²) in [6.07, 6.45) is -0.167. The molecule has 0 saturated heterocycles. The van der Waals surface area contributed by atoms with Crippen LogP contribution in [-0.4, -0.2) is 25.3 Å². The highest BCUT2D eigenvalue weighted by molar-refractivity contribution is 5.88. The number of anilines is 1. The molecule has 0 aliphatic rings. The molecular weight excluding hydrogens is 374 g/mol. The van der Waals surface area contributed by atoms with E-state index >= 15 is 0 Å². The van der Waals surface area contributed by atoms with Crippen molar-refractivity contribution < 1.29 is 23.8 Å². The highest BCUT2D eigenvalue weighted by Gasteiger charge is 2.19. The number of carbonyl (C=O) groups is 1. The van der Waals surface area contributed by atoms with Crippen molar-refractivity contribution in [1.82, 2.24) is 0 Å². The van der Waals surface area contributed by atoms with Crippen LogP contribution in [0.15, 0.2) is 39.5 Å². The number of hydrogen-bond acceptors (Lipinski definition) is 7. The smallest absolute Gasteiger partial charge is 0.340 e. The number of ether oxygens (including phenoxy) is 2. The Morgan fingerprint density at radius 2 is 1.83 bits per heavy atom. The van der Waals surface area contributed by atoms with E-state index in [1.165, 1.54) is 7.11 Å². The fourth-order valence-electron chi connectivity index (χ4n) is 3.20. The summed E-state index contributed by atoms with van der Waals surface area (Å²) < 4.78 is 15.2. The van der Waals surface area contributed by atoms with Crippen LogP contribution in [0.1, 0.15) is 22.3 Å². The fourth-order valence-corrected chi connectivity index (χ4v) is 3.20. The first-order valence-electron chi connectivity index (χ1n) is 9.08. The first-order chi connectivity index (χ1) is 13.8. The van der Waals surface area contributed by atoms with Gasteiger partial charge in [0.2, 0.25) is 0 Å². The Morgan fingerprint density at radius 1 is 1.14 bits per heavy atom. The van der Waals surface area contributed by atoms with Gasteiger partial charge < -0.3 is 24.3 Å². The van der Waals surface area contributed by atoms with Crippen LogP contribution in [0.5, 0.6) is 11.5 Å². The van der Waals surface area contributed by atoms with E-state index < -0.39 is 11.6 Å². The van der Waals surface area contributed by atoms with Gasteiger partial charge in [-0.15, -0.1) is 0 Å². The molecule has 0 atom stereocenters. The molecule has 3 rings (SSSR count). The summed E-state index contributed by atoms with van der Waals surface area (Å²) in [5.74, 6) is 0.294. The number of benzene rings is 2. The summed E-state index contributed by atoms with van der Waals surface area (Å²) in [4.78, 5) is 24.0. The second kappa shape index (κ2) is 8.26. The van der Waals surface area contributed by atoms with Crippen LogP contribution in [-0.2, 0) is 22.5 Å². The van der Waals surface area contributed by atoms with Gasteiger partial charge in [-0.05, 0) is 49.7 Å². The van der Waals surface area contributed by atoms with Gasteiger partial charge >= 0.3 is 11.6 Å². The summed E-state index contributed by atoms with van der Waals surface area (Å²) in [5, 5.41) is 14.5. The predicted molar refractivity (Wildman–Crippen MR) is 110 cm³/mol. The Labute approximate surface area is 167 Å². The van der Waals surface area contributed by atoms with Crippen LogP contribution in [0.2, 0.25) is 0 Å². The quantitative estimate of drug-likeness (QED) is 0.486. The molecule has 2 N–H and O–H groups in total. The highest BCUT2D eigenvalue weighted by atomic mass is 16.5. The first kappa shape index (κ1) is 20.3. The van der Waals surface area contributed by atoms with E-state index in [4.69, 9.17) is 9.15 Å². The van der Waals surface area contributed by atoms with Gasteiger partial charge in [-0.3, -0.25) is 4.79 Å². The van der Waals surface area contributed by atoms with E-state index in [1.54, 1.807) is 27.0 Å². The highest BCUT2D eigenvalue weighted by Crippen LogP contribution is 2.33. The lowest BCUT2D eigenvalue weighted by Crippen LogP contribution is -2.16. The van der Waals surface area contributed by atoms with Gasteiger partial charge in [-0.25, -0.2) is 4.79 Å². The first-order valence-corrected chi connectivity index (χ1v) is 9.08. The molecule has 7 heteroatoms. The minimum absolute atomic E-state index is 0.0572. The molecule has 152 valence electrons. The third-order valence-corrected chi connectivity index (χ3v) is 4.98. The van der Waals surface area contributed by atoms with Crippen molar-refractivity contribution >= 4 is 22.6 Å². The van der Waals surface area contributed by atoms with Crippen LogP contribution in [0.3, 0.4) is 0 Å². The predicted octanol–water partition coefficient (Wildman–Crippen LogP) is 3.45. The molecule has 2 aromatic carbocycles. The molecule has 0 aliphatic heterocycles. The van der Waals surface area contributed by atoms with E-state index in [9.17, 15) is 14.7 Å². The topological polar surface area (TPSA) is 98.0 Å². The molecule has 29 heavy (non-hydrogen) atoms. The monoisotopic (exact) mass is 397 g/mol. The van der Waals surface area contributed by atoms with Gasteiger partial charge in [-0.2, -0.15) is 0 Å². The second-order valence-corrected chi connectivity index (χ2v) is 6.71. The Kier molecular flexibility index (Phi) is 5.77. The molecule has 0 radical (unpaired) electrons. The number of carbonyl (C=O) groups excluding carboxylic acids is 1. The van der Waals surface area contributed by atoms with Crippen LogP contribution in [0.25, 0.3) is 11.0 Å². The minimum atomic E-state index is -0.605. The standard InChI is InChI=1S/C22H23NO6/c1-12-17-9-14(11-23-15-5-7-16(27-3)8-6-15)20(25)13(2)21(17)29-22(26)18(12)10-19(24)28-4/h5-9,23,25H,10-11H2,1-4H3. The number of hydrogen-bond donors (Lipinski definition) is 2. The molecule has 0 saturated carbocycles. The lowest BCUT2D eigenvalue weighted by Gasteiger charge is -2.14. The Hall–Kier alpha value is -3.48. The van der Waals surface area contributed by atoms with Gasteiger partial charge in [0.25, 0.3) is 0 Å². The molecule has 1 heterocycles. The lowest BCUT2D eigenvalue weighted by molar-refractivity contribution is -0.139. The maximum atomic E-state index is 12.3. The summed E-state index contributed by atoms with van der Waals surface area (Å²) in [6.45, 7) is 3.81. The number of aromatic hydroxyl groups is 1. The SMILES string of the molecule is COC(=O)Cc1c(C)c2cc(CNc3ccc(OC)cc3)c(O)c(C)c2oc1=O. The average molecular weight is 397 g/mol. The second-order valence-electron chi connectivity index (χ2n) is 6.71. The van der Waals surface area contributed by atoms with E-state index in [2.05, 4.69) is 10.1 Å². The zero-order valence-corrected chi connectivity index (χ0v) is 16.8. The number of phenols is 1. The van der Waals surface area contributed by atoms with Crippen LogP contribution < -0.4 is 15.7 Å². The van der Waals surface area contributed by atoms with Gasteiger partial charge in [0.1, 0.15) is 17.1 Å². The maximum absolute atomic E-state index is 12.3. The fraction of sp³-hybridized carbons (Fsp3) is 0.273. The van der Waals surface area contributed by atoms with Gasteiger partial charge in [0, 0.05) is 28.7 Å². The average Bonchev–Trinajstić information content (AvgIpc) is 2.73. The summed E-state index contributed by atoms with van der Waals surface area (Å²) in [6, 6.07) is 9.20. The van der Waals surface area contributed by atoms with Crippen molar-refractivity contribution in [2.45, 2.75) is 26.8 Å². The number of nitrogens with one attached hydrogen (secondary N) is 1. The molecule has 7 nitrogen and oxygen atoms in total. The lowest BCUT2D eigenvalue weighted by atomic mass is 9.98. The third kappa shape index (κ3) is 4.03. The molecular formula is C22H23NO6. The van der Waals surface area contributed by atoms with Crippen molar-refractivity contribution in [3.8, 4) is 11.5 Å². The number of rotatable bonds is 6. The van der Waals surface area contributed by atoms with Crippen LogP contribution >= 0.6 is 0 Å². The number of fused-ring (bicyclic) bond motifs is 1. The van der Waals surface area contributed by atoms with E-state index in [-0.39, 0.29) is 17.7 Å². The van der Waals surface area contributed by atoms with Crippen molar-refractivity contribution in [2.24, 2.45) is 0 Å². The van der Waals surface area contributed by atoms with Crippen molar-refractivity contribution in [3.63, 3.8) is 0 Å². The number of methoxy groups -OCH3 is 2. The summed E-state index contributed by atoms with van der Waals surface area (Å²) in [5.41, 5.74) is 2.58. The van der Waals surface area contributed by atoms with Gasteiger partial charge in [0.15, 0.2) is 0 Å². The molecule has 0 amide bonds. The zero-order valence-electron chi connectivity index (χ0n) is 16.8. The zero-order chi connectivity index (χ0) is 21.1.